The highest BCUT2D eigenvalue weighted by atomic mass is 16.7. The highest BCUT2D eigenvalue weighted by molar-refractivity contribution is 5.57. The smallest absolute Gasteiger partial charge is 0.450 e. The van der Waals surface area contributed by atoms with Crippen molar-refractivity contribution in [2.75, 3.05) is 6.61 Å². The fourth-order valence-corrected chi connectivity index (χ4v) is 1.92. The van der Waals surface area contributed by atoms with Crippen molar-refractivity contribution in [1.82, 2.24) is 0 Å². The molecule has 1 heterocycles. The van der Waals surface area contributed by atoms with E-state index in [9.17, 15) is 14.9 Å². The van der Waals surface area contributed by atoms with Crippen LogP contribution >= 0.6 is 0 Å². The van der Waals surface area contributed by atoms with Gasteiger partial charge >= 0.3 is 6.16 Å². The number of hydrogen-bond donors (Lipinski definition) is 1. The monoisotopic (exact) mass is 253 g/mol. The van der Waals surface area contributed by atoms with E-state index in [4.69, 9.17) is 14.6 Å². The summed E-state index contributed by atoms with van der Waals surface area (Å²) in [5.41, 5.74) is 0.650. The van der Waals surface area contributed by atoms with Gasteiger partial charge < -0.3 is 14.6 Å². The Hall–Kier alpha value is -2.15. The average molecular weight is 253 g/mol. The zero-order chi connectivity index (χ0) is 13.1. The number of carboxylic acid groups (broad SMARTS) is 1. The number of hydrogen-bond acceptors (Lipinski definition) is 5. The van der Waals surface area contributed by atoms with E-state index in [1.54, 1.807) is 12.1 Å². The van der Waals surface area contributed by atoms with Gasteiger partial charge in [0.2, 0.25) is 0 Å². The lowest BCUT2D eigenvalue weighted by atomic mass is 10.0. The number of ether oxygens (including phenoxy) is 2. The van der Waals surface area contributed by atoms with Crippen molar-refractivity contribution < 1.29 is 24.3 Å². The Labute approximate surface area is 102 Å². The molecule has 96 valence electrons. The van der Waals surface area contributed by atoms with Crippen molar-refractivity contribution in [3.63, 3.8) is 0 Å². The number of nitrogens with zero attached hydrogens (tertiary/aromatic N) is 1. The van der Waals surface area contributed by atoms with Gasteiger partial charge in [-0.05, 0) is 17.7 Å². The molecule has 1 aromatic rings. The number of rotatable bonds is 3. The molecule has 0 aliphatic carbocycles. The third kappa shape index (κ3) is 2.57. The van der Waals surface area contributed by atoms with Crippen molar-refractivity contribution in [2.24, 2.45) is 0 Å². The Balaban J connectivity index is 2.14. The maximum absolute atomic E-state index is 10.5. The summed E-state index contributed by atoms with van der Waals surface area (Å²) in [4.78, 5) is 20.5. The first kappa shape index (κ1) is 12.3. The predicted molar refractivity (Wildman–Crippen MR) is 59.3 cm³/mol. The number of nitro groups is 1. The second kappa shape index (κ2) is 5.01. The highest BCUT2D eigenvalue weighted by Crippen LogP contribution is 2.32. The standard InChI is InChI=1S/C11H11NO6/c13-11(14)18-9-5-6-17-10(9)7-1-3-8(4-2-7)12(15)16/h1-4,9-10H,5-6H2,(H,13,14)/t9?,10-/m0/s1. The van der Waals surface area contributed by atoms with Crippen LogP contribution in [0.2, 0.25) is 0 Å². The van der Waals surface area contributed by atoms with E-state index in [2.05, 4.69) is 0 Å². The molecule has 0 aromatic heterocycles. The van der Waals surface area contributed by atoms with Crippen molar-refractivity contribution in [1.29, 1.82) is 0 Å². The van der Waals surface area contributed by atoms with Gasteiger partial charge in [-0.3, -0.25) is 10.1 Å². The lowest BCUT2D eigenvalue weighted by Crippen LogP contribution is -2.20. The van der Waals surface area contributed by atoms with Crippen molar-refractivity contribution in [3.05, 3.63) is 39.9 Å². The third-order valence-electron chi connectivity index (χ3n) is 2.72. The van der Waals surface area contributed by atoms with E-state index >= 15 is 0 Å². The molecule has 1 N–H and O–H groups in total. The van der Waals surface area contributed by atoms with Crippen LogP contribution in [-0.4, -0.2) is 28.9 Å². The van der Waals surface area contributed by atoms with Crippen LogP contribution in [0.1, 0.15) is 18.1 Å². The summed E-state index contributed by atoms with van der Waals surface area (Å²) in [5.74, 6) is 0. The van der Waals surface area contributed by atoms with Gasteiger partial charge in [0.05, 0.1) is 11.5 Å². The van der Waals surface area contributed by atoms with Gasteiger partial charge in [0.15, 0.2) is 0 Å². The van der Waals surface area contributed by atoms with Gasteiger partial charge in [0, 0.05) is 18.6 Å². The Morgan fingerprint density at radius 1 is 1.44 bits per heavy atom. The van der Waals surface area contributed by atoms with Crippen LogP contribution in [0.3, 0.4) is 0 Å². The highest BCUT2D eigenvalue weighted by Gasteiger charge is 2.33. The maximum atomic E-state index is 10.5. The Morgan fingerprint density at radius 2 is 2.11 bits per heavy atom. The Bertz CT molecular complexity index is 457. The second-order valence-corrected chi connectivity index (χ2v) is 3.85. The zero-order valence-corrected chi connectivity index (χ0v) is 9.31. The van der Waals surface area contributed by atoms with Crippen LogP contribution in [0.15, 0.2) is 24.3 Å². The molecular weight excluding hydrogens is 242 g/mol. The van der Waals surface area contributed by atoms with Crippen molar-refractivity contribution >= 4 is 11.8 Å². The predicted octanol–water partition coefficient (Wildman–Crippen LogP) is 2.12. The fraction of sp³-hybridized carbons (Fsp3) is 0.364. The van der Waals surface area contributed by atoms with Gasteiger partial charge in [-0.1, -0.05) is 0 Å². The maximum Gasteiger partial charge on any atom is 0.506 e. The SMILES string of the molecule is O=C(O)OC1CCO[C@H]1c1ccc([N+](=O)[O-])cc1. The summed E-state index contributed by atoms with van der Waals surface area (Å²) < 4.78 is 10.1. The minimum Gasteiger partial charge on any atom is -0.450 e. The molecule has 18 heavy (non-hydrogen) atoms. The molecule has 1 aliphatic rings. The molecule has 0 amide bonds. The van der Waals surface area contributed by atoms with Crippen LogP contribution in [-0.2, 0) is 9.47 Å². The third-order valence-corrected chi connectivity index (χ3v) is 2.72. The quantitative estimate of drug-likeness (QED) is 0.503. The van der Waals surface area contributed by atoms with E-state index in [0.717, 1.165) is 0 Å². The number of carbonyl (C=O) groups is 1. The van der Waals surface area contributed by atoms with E-state index in [0.29, 0.717) is 18.6 Å². The van der Waals surface area contributed by atoms with Gasteiger partial charge in [-0.2, -0.15) is 0 Å². The Kier molecular flexibility index (Phi) is 3.42. The van der Waals surface area contributed by atoms with Crippen LogP contribution in [0, 0.1) is 10.1 Å². The molecular formula is C11H11NO6. The molecule has 0 spiro atoms. The van der Waals surface area contributed by atoms with Crippen molar-refractivity contribution in [2.45, 2.75) is 18.6 Å². The van der Waals surface area contributed by atoms with Crippen LogP contribution < -0.4 is 0 Å². The number of benzene rings is 1. The van der Waals surface area contributed by atoms with E-state index in [-0.39, 0.29) is 5.69 Å². The molecule has 0 bridgehead atoms. The molecule has 2 rings (SSSR count). The molecule has 7 nitrogen and oxygen atoms in total. The average Bonchev–Trinajstić information content (AvgIpc) is 2.76. The number of non-ortho nitro benzene ring substituents is 1. The molecule has 7 heteroatoms. The largest absolute Gasteiger partial charge is 0.506 e. The summed E-state index contributed by atoms with van der Waals surface area (Å²) in [5, 5.41) is 19.1. The first-order valence-corrected chi connectivity index (χ1v) is 5.33. The molecule has 2 atom stereocenters. The van der Waals surface area contributed by atoms with E-state index < -0.39 is 23.3 Å². The fourth-order valence-electron chi connectivity index (χ4n) is 1.92. The van der Waals surface area contributed by atoms with Gasteiger partial charge in [-0.15, -0.1) is 0 Å². The molecule has 0 radical (unpaired) electrons. The molecule has 1 aromatic carbocycles. The molecule has 1 aliphatic heterocycles. The van der Waals surface area contributed by atoms with Gasteiger partial charge in [0.25, 0.3) is 5.69 Å². The minimum atomic E-state index is -1.35. The van der Waals surface area contributed by atoms with Crippen LogP contribution in [0.5, 0.6) is 0 Å². The summed E-state index contributed by atoms with van der Waals surface area (Å²) in [6, 6.07) is 5.81. The summed E-state index contributed by atoms with van der Waals surface area (Å²) in [7, 11) is 0. The lowest BCUT2D eigenvalue weighted by Gasteiger charge is -2.17. The summed E-state index contributed by atoms with van der Waals surface area (Å²) >= 11 is 0. The van der Waals surface area contributed by atoms with Crippen LogP contribution in [0.4, 0.5) is 10.5 Å². The first-order chi connectivity index (χ1) is 8.58. The second-order valence-electron chi connectivity index (χ2n) is 3.85. The minimum absolute atomic E-state index is 0.0209. The van der Waals surface area contributed by atoms with Crippen molar-refractivity contribution in [3.8, 4) is 0 Å². The molecule has 0 saturated carbocycles. The first-order valence-electron chi connectivity index (χ1n) is 5.33. The number of nitro benzene ring substituents is 1. The Morgan fingerprint density at radius 3 is 2.67 bits per heavy atom. The zero-order valence-electron chi connectivity index (χ0n) is 9.31. The molecule has 1 fully saturated rings. The van der Waals surface area contributed by atoms with Crippen LogP contribution in [0.25, 0.3) is 0 Å². The van der Waals surface area contributed by atoms with Gasteiger partial charge in [0.1, 0.15) is 12.2 Å². The summed E-state index contributed by atoms with van der Waals surface area (Å²) in [6.45, 7) is 0.402. The molecule has 1 unspecified atom stereocenters. The topological polar surface area (TPSA) is 98.9 Å². The van der Waals surface area contributed by atoms with E-state index in [1.165, 1.54) is 12.1 Å². The molecule has 1 saturated heterocycles. The lowest BCUT2D eigenvalue weighted by molar-refractivity contribution is -0.384. The van der Waals surface area contributed by atoms with E-state index in [1.807, 2.05) is 0 Å². The van der Waals surface area contributed by atoms with Gasteiger partial charge in [-0.25, -0.2) is 4.79 Å². The normalized spacial score (nSPS) is 22.7. The summed E-state index contributed by atoms with van der Waals surface area (Å²) in [6.07, 6.45) is -1.93.